The molecular weight excluding hydrogens is 250 g/mol. The van der Waals surface area contributed by atoms with Crippen LogP contribution in [0.2, 0.25) is 0 Å². The summed E-state index contributed by atoms with van der Waals surface area (Å²) in [5, 5.41) is 4.33. The fourth-order valence-electron chi connectivity index (χ4n) is 2.81. The standard InChI is InChI=1S/C15H21N5/c1-13-9-17-14(10-16-13)11-19-7-3-2-5-15(19)12-20-8-4-6-18-20/h4,6,8-10,15H,2-3,5,7,11-12H2,1H3. The Morgan fingerprint density at radius 1 is 1.25 bits per heavy atom. The molecule has 2 aromatic heterocycles. The largest absolute Gasteiger partial charge is 0.293 e. The van der Waals surface area contributed by atoms with Gasteiger partial charge in [-0.15, -0.1) is 0 Å². The van der Waals surface area contributed by atoms with E-state index >= 15 is 0 Å². The molecule has 1 fully saturated rings. The van der Waals surface area contributed by atoms with Crippen LogP contribution in [0.15, 0.2) is 30.9 Å². The maximum Gasteiger partial charge on any atom is 0.0727 e. The van der Waals surface area contributed by atoms with Gasteiger partial charge in [-0.1, -0.05) is 6.42 Å². The molecule has 0 N–H and O–H groups in total. The normalized spacial score (nSPS) is 20.1. The number of hydrogen-bond acceptors (Lipinski definition) is 4. The van der Waals surface area contributed by atoms with Crippen molar-refractivity contribution < 1.29 is 0 Å². The predicted molar refractivity (Wildman–Crippen MR) is 77.0 cm³/mol. The maximum absolute atomic E-state index is 4.48. The fraction of sp³-hybridized carbons (Fsp3) is 0.533. The molecule has 0 spiro atoms. The Morgan fingerprint density at radius 3 is 2.95 bits per heavy atom. The highest BCUT2D eigenvalue weighted by molar-refractivity contribution is 5.01. The zero-order chi connectivity index (χ0) is 13.8. The summed E-state index contributed by atoms with van der Waals surface area (Å²) in [7, 11) is 0. The number of rotatable bonds is 4. The van der Waals surface area contributed by atoms with E-state index in [1.165, 1.54) is 19.3 Å². The van der Waals surface area contributed by atoms with Gasteiger partial charge in [-0.3, -0.25) is 19.5 Å². The van der Waals surface area contributed by atoms with Crippen LogP contribution in [0, 0.1) is 6.92 Å². The van der Waals surface area contributed by atoms with Gasteiger partial charge in [0.15, 0.2) is 0 Å². The van der Waals surface area contributed by atoms with Crippen LogP contribution in [0.4, 0.5) is 0 Å². The molecule has 5 heteroatoms. The summed E-state index contributed by atoms with van der Waals surface area (Å²) < 4.78 is 2.03. The quantitative estimate of drug-likeness (QED) is 0.853. The minimum atomic E-state index is 0.548. The van der Waals surface area contributed by atoms with Gasteiger partial charge in [-0.05, 0) is 32.4 Å². The van der Waals surface area contributed by atoms with Crippen molar-refractivity contribution in [1.29, 1.82) is 0 Å². The average Bonchev–Trinajstić information content (AvgIpc) is 2.96. The van der Waals surface area contributed by atoms with E-state index in [-0.39, 0.29) is 0 Å². The van der Waals surface area contributed by atoms with Gasteiger partial charge in [0, 0.05) is 37.4 Å². The molecule has 1 aliphatic heterocycles. The average molecular weight is 271 g/mol. The Kier molecular flexibility index (Phi) is 4.06. The molecule has 0 saturated carbocycles. The lowest BCUT2D eigenvalue weighted by molar-refractivity contribution is 0.120. The van der Waals surface area contributed by atoms with Crippen molar-refractivity contribution in [2.24, 2.45) is 0 Å². The maximum atomic E-state index is 4.48. The van der Waals surface area contributed by atoms with Crippen LogP contribution in [0.3, 0.4) is 0 Å². The fourth-order valence-corrected chi connectivity index (χ4v) is 2.81. The third-order valence-corrected chi connectivity index (χ3v) is 3.91. The molecule has 3 heterocycles. The first-order valence-corrected chi connectivity index (χ1v) is 7.30. The third-order valence-electron chi connectivity index (χ3n) is 3.91. The van der Waals surface area contributed by atoms with E-state index in [0.29, 0.717) is 6.04 Å². The first-order valence-electron chi connectivity index (χ1n) is 7.30. The van der Waals surface area contributed by atoms with E-state index in [0.717, 1.165) is 31.0 Å². The summed E-state index contributed by atoms with van der Waals surface area (Å²) in [6, 6.07) is 2.53. The molecule has 106 valence electrons. The summed E-state index contributed by atoms with van der Waals surface area (Å²) in [6.07, 6.45) is 11.4. The van der Waals surface area contributed by atoms with Crippen molar-refractivity contribution in [2.45, 2.75) is 45.3 Å². The second-order valence-corrected chi connectivity index (χ2v) is 5.50. The molecule has 0 amide bonds. The van der Waals surface area contributed by atoms with Crippen LogP contribution in [-0.4, -0.2) is 37.2 Å². The van der Waals surface area contributed by atoms with Crippen LogP contribution in [0.1, 0.15) is 30.7 Å². The number of hydrogen-bond donors (Lipinski definition) is 0. The van der Waals surface area contributed by atoms with Crippen molar-refractivity contribution in [1.82, 2.24) is 24.6 Å². The molecule has 0 bridgehead atoms. The van der Waals surface area contributed by atoms with Crippen molar-refractivity contribution in [2.75, 3.05) is 6.54 Å². The highest BCUT2D eigenvalue weighted by Gasteiger charge is 2.23. The smallest absolute Gasteiger partial charge is 0.0727 e. The van der Waals surface area contributed by atoms with Crippen LogP contribution in [0.25, 0.3) is 0 Å². The molecule has 0 aliphatic carbocycles. The van der Waals surface area contributed by atoms with E-state index in [4.69, 9.17) is 0 Å². The van der Waals surface area contributed by atoms with Gasteiger partial charge in [-0.2, -0.15) is 5.10 Å². The molecular formula is C15H21N5. The zero-order valence-corrected chi connectivity index (χ0v) is 11.9. The molecule has 1 aliphatic rings. The third kappa shape index (κ3) is 3.22. The first-order chi connectivity index (χ1) is 9.81. The van der Waals surface area contributed by atoms with Crippen LogP contribution in [0.5, 0.6) is 0 Å². The van der Waals surface area contributed by atoms with E-state index in [2.05, 4.69) is 20.0 Å². The van der Waals surface area contributed by atoms with E-state index in [1.54, 1.807) is 0 Å². The van der Waals surface area contributed by atoms with Crippen LogP contribution < -0.4 is 0 Å². The molecule has 1 atom stereocenters. The molecule has 20 heavy (non-hydrogen) atoms. The molecule has 3 rings (SSSR count). The minimum absolute atomic E-state index is 0.548. The Bertz CT molecular complexity index is 520. The Hall–Kier alpha value is -1.75. The number of nitrogens with zero attached hydrogens (tertiary/aromatic N) is 5. The van der Waals surface area contributed by atoms with Gasteiger partial charge in [0.1, 0.15) is 0 Å². The number of aryl methyl sites for hydroxylation is 1. The molecule has 1 unspecified atom stereocenters. The molecule has 0 aromatic carbocycles. The summed E-state index contributed by atoms with van der Waals surface area (Å²) in [5.41, 5.74) is 2.03. The highest BCUT2D eigenvalue weighted by atomic mass is 15.3. The van der Waals surface area contributed by atoms with Gasteiger partial charge in [-0.25, -0.2) is 0 Å². The molecule has 0 radical (unpaired) electrons. The second kappa shape index (κ2) is 6.13. The van der Waals surface area contributed by atoms with Gasteiger partial charge >= 0.3 is 0 Å². The molecule has 1 saturated heterocycles. The van der Waals surface area contributed by atoms with E-state index in [1.807, 2.05) is 42.5 Å². The Balaban J connectivity index is 1.67. The van der Waals surface area contributed by atoms with Crippen LogP contribution >= 0.6 is 0 Å². The highest BCUT2D eigenvalue weighted by Crippen LogP contribution is 2.20. The summed E-state index contributed by atoms with van der Waals surface area (Å²) in [4.78, 5) is 11.3. The first kappa shape index (κ1) is 13.2. The minimum Gasteiger partial charge on any atom is -0.293 e. The Morgan fingerprint density at radius 2 is 2.20 bits per heavy atom. The van der Waals surface area contributed by atoms with Gasteiger partial charge in [0.25, 0.3) is 0 Å². The summed E-state index contributed by atoms with van der Waals surface area (Å²) in [6.45, 7) is 4.96. The summed E-state index contributed by atoms with van der Waals surface area (Å²) >= 11 is 0. The lowest BCUT2D eigenvalue weighted by Crippen LogP contribution is -2.41. The topological polar surface area (TPSA) is 46.8 Å². The molecule has 2 aromatic rings. The van der Waals surface area contributed by atoms with Crippen molar-refractivity contribution in [3.05, 3.63) is 42.2 Å². The molecule has 5 nitrogen and oxygen atoms in total. The monoisotopic (exact) mass is 271 g/mol. The number of piperidine rings is 1. The van der Waals surface area contributed by atoms with Crippen molar-refractivity contribution in [3.63, 3.8) is 0 Å². The lowest BCUT2D eigenvalue weighted by atomic mass is 10.0. The predicted octanol–water partition coefficient (Wildman–Crippen LogP) is 2.04. The summed E-state index contributed by atoms with van der Waals surface area (Å²) in [5.74, 6) is 0. The van der Waals surface area contributed by atoms with E-state index in [9.17, 15) is 0 Å². The number of likely N-dealkylation sites (tertiary alicyclic amines) is 1. The second-order valence-electron chi connectivity index (χ2n) is 5.50. The zero-order valence-electron chi connectivity index (χ0n) is 11.9. The van der Waals surface area contributed by atoms with Gasteiger partial charge in [0.05, 0.1) is 17.9 Å². The van der Waals surface area contributed by atoms with Crippen molar-refractivity contribution >= 4 is 0 Å². The van der Waals surface area contributed by atoms with Crippen molar-refractivity contribution in [3.8, 4) is 0 Å². The van der Waals surface area contributed by atoms with Crippen LogP contribution in [-0.2, 0) is 13.1 Å². The lowest BCUT2D eigenvalue weighted by Gasteiger charge is -2.35. The SMILES string of the molecule is Cc1cnc(CN2CCCCC2Cn2cccn2)cn1. The Labute approximate surface area is 119 Å². The van der Waals surface area contributed by atoms with E-state index < -0.39 is 0 Å². The van der Waals surface area contributed by atoms with Gasteiger partial charge < -0.3 is 0 Å². The number of aromatic nitrogens is 4. The van der Waals surface area contributed by atoms with Gasteiger partial charge in [0.2, 0.25) is 0 Å².